The van der Waals surface area contributed by atoms with E-state index in [0.717, 1.165) is 5.57 Å². The minimum atomic E-state index is -2.00. The van der Waals surface area contributed by atoms with Gasteiger partial charge in [-0.15, -0.1) is 0 Å². The van der Waals surface area contributed by atoms with Gasteiger partial charge >= 0.3 is 0 Å². The SMILES string of the molecule is CC(=O)/C(C)=C/C=P(c1ccccc1)(c1ccccc1)c1ccccc1. The van der Waals surface area contributed by atoms with E-state index in [2.05, 4.69) is 78.6 Å². The minimum Gasteiger partial charge on any atom is -0.295 e. The zero-order valence-electron chi connectivity index (χ0n) is 15.2. The van der Waals surface area contributed by atoms with Gasteiger partial charge in [-0.2, -0.15) is 0 Å². The molecule has 0 aliphatic rings. The maximum absolute atomic E-state index is 11.8. The number of hydrogen-bond donors (Lipinski definition) is 0. The van der Waals surface area contributed by atoms with Crippen LogP contribution in [0.1, 0.15) is 13.8 Å². The fourth-order valence-electron chi connectivity index (χ4n) is 3.04. The van der Waals surface area contributed by atoms with Crippen LogP contribution in [0.3, 0.4) is 0 Å². The van der Waals surface area contributed by atoms with E-state index in [4.69, 9.17) is 0 Å². The normalized spacial score (nSPS) is 11.8. The van der Waals surface area contributed by atoms with Crippen LogP contribution in [-0.4, -0.2) is 11.6 Å². The second-order valence-electron chi connectivity index (χ2n) is 6.28. The van der Waals surface area contributed by atoms with Crippen molar-refractivity contribution in [3.8, 4) is 0 Å². The summed E-state index contributed by atoms with van der Waals surface area (Å²) in [6, 6.07) is 31.8. The van der Waals surface area contributed by atoms with Gasteiger partial charge in [0.05, 0.1) is 0 Å². The maximum Gasteiger partial charge on any atom is 0.155 e. The van der Waals surface area contributed by atoms with Crippen molar-refractivity contribution in [2.24, 2.45) is 0 Å². The number of Topliss-reactive ketones (excluding diaryl/α,β-unsaturated/α-hetero) is 1. The van der Waals surface area contributed by atoms with Crippen molar-refractivity contribution in [3.05, 3.63) is 103 Å². The number of carbonyl (C=O) groups is 1. The summed E-state index contributed by atoms with van der Waals surface area (Å²) in [7, 11) is 0. The molecule has 0 amide bonds. The molecule has 0 radical (unpaired) electrons. The first-order valence-corrected chi connectivity index (χ1v) is 10.6. The van der Waals surface area contributed by atoms with Crippen molar-refractivity contribution in [2.45, 2.75) is 13.8 Å². The van der Waals surface area contributed by atoms with Crippen LogP contribution in [0.2, 0.25) is 0 Å². The zero-order chi connectivity index (χ0) is 18.4. The molecule has 3 aromatic carbocycles. The lowest BCUT2D eigenvalue weighted by Crippen LogP contribution is -2.26. The molecule has 0 aliphatic carbocycles. The fourth-order valence-corrected chi connectivity index (χ4v) is 6.82. The third-order valence-electron chi connectivity index (χ3n) is 4.59. The summed E-state index contributed by atoms with van der Waals surface area (Å²) in [6.07, 6.45) is 2.00. The highest BCUT2D eigenvalue weighted by atomic mass is 31.2. The Morgan fingerprint density at radius 1 is 0.654 bits per heavy atom. The van der Waals surface area contributed by atoms with Gasteiger partial charge in [0.25, 0.3) is 0 Å². The largest absolute Gasteiger partial charge is 0.295 e. The molecule has 0 unspecified atom stereocenters. The molecule has 0 spiro atoms. The zero-order valence-corrected chi connectivity index (χ0v) is 16.1. The molecule has 0 saturated heterocycles. The molecule has 0 bridgehead atoms. The Morgan fingerprint density at radius 2 is 1.00 bits per heavy atom. The van der Waals surface area contributed by atoms with Crippen LogP contribution in [0.5, 0.6) is 0 Å². The lowest BCUT2D eigenvalue weighted by atomic mass is 10.2. The molecular weight excluding hydrogens is 335 g/mol. The first-order chi connectivity index (χ1) is 12.6. The van der Waals surface area contributed by atoms with Crippen molar-refractivity contribution in [1.82, 2.24) is 0 Å². The molecule has 0 aliphatic heterocycles. The maximum atomic E-state index is 11.8. The van der Waals surface area contributed by atoms with Crippen LogP contribution in [0, 0.1) is 0 Å². The van der Waals surface area contributed by atoms with E-state index >= 15 is 0 Å². The Morgan fingerprint density at radius 3 is 1.31 bits per heavy atom. The second-order valence-corrected chi connectivity index (χ2v) is 9.58. The van der Waals surface area contributed by atoms with Crippen LogP contribution in [0.25, 0.3) is 0 Å². The van der Waals surface area contributed by atoms with Gasteiger partial charge in [0, 0.05) is 0 Å². The highest BCUT2D eigenvalue weighted by Gasteiger charge is 2.24. The van der Waals surface area contributed by atoms with Crippen LogP contribution < -0.4 is 15.9 Å². The molecule has 0 atom stereocenters. The highest BCUT2D eigenvalue weighted by molar-refractivity contribution is 7.94. The number of carbonyl (C=O) groups excluding carboxylic acids is 1. The number of ketones is 1. The summed E-state index contributed by atoms with van der Waals surface area (Å²) in [4.78, 5) is 11.8. The van der Waals surface area contributed by atoms with E-state index in [0.29, 0.717) is 0 Å². The summed E-state index contributed by atoms with van der Waals surface area (Å²) in [5, 5.41) is 3.85. The average molecular weight is 358 g/mol. The molecule has 0 aromatic heterocycles. The first-order valence-electron chi connectivity index (χ1n) is 8.74. The number of hydrogen-bond acceptors (Lipinski definition) is 1. The van der Waals surface area contributed by atoms with Gasteiger partial charge in [0.15, 0.2) is 5.78 Å². The summed E-state index contributed by atoms with van der Waals surface area (Å²) >= 11 is 0. The smallest absolute Gasteiger partial charge is 0.155 e. The molecular formula is C24H23OP. The molecule has 0 saturated carbocycles. The Bertz CT molecular complexity index is 851. The van der Waals surface area contributed by atoms with Gasteiger partial charge in [-0.1, -0.05) is 103 Å². The van der Waals surface area contributed by atoms with E-state index in [1.807, 2.05) is 31.2 Å². The number of rotatable bonds is 5. The summed E-state index contributed by atoms with van der Waals surface area (Å²) < 4.78 is 0. The Kier molecular flexibility index (Phi) is 5.71. The third kappa shape index (κ3) is 3.64. The topological polar surface area (TPSA) is 17.1 Å². The minimum absolute atomic E-state index is 0.105. The van der Waals surface area contributed by atoms with Crippen molar-refractivity contribution in [1.29, 1.82) is 0 Å². The van der Waals surface area contributed by atoms with Crippen molar-refractivity contribution < 1.29 is 4.79 Å². The van der Waals surface area contributed by atoms with Crippen molar-refractivity contribution >= 4 is 34.4 Å². The van der Waals surface area contributed by atoms with E-state index in [1.54, 1.807) is 6.92 Å². The van der Waals surface area contributed by atoms with E-state index < -0.39 is 6.89 Å². The van der Waals surface area contributed by atoms with Crippen molar-refractivity contribution in [2.75, 3.05) is 0 Å². The van der Waals surface area contributed by atoms with Crippen LogP contribution in [0.15, 0.2) is 103 Å². The molecule has 0 fully saturated rings. The van der Waals surface area contributed by atoms with Crippen LogP contribution in [-0.2, 0) is 4.79 Å². The van der Waals surface area contributed by atoms with Crippen molar-refractivity contribution in [3.63, 3.8) is 0 Å². The summed E-state index contributed by atoms with van der Waals surface area (Å²) in [6.45, 7) is 1.50. The molecule has 3 aromatic rings. The quantitative estimate of drug-likeness (QED) is 0.490. The number of allylic oxidation sites excluding steroid dienone is 2. The lowest BCUT2D eigenvalue weighted by molar-refractivity contribution is -0.113. The monoisotopic (exact) mass is 358 g/mol. The van der Waals surface area contributed by atoms with Gasteiger partial charge in [-0.25, -0.2) is 0 Å². The highest BCUT2D eigenvalue weighted by Crippen LogP contribution is 2.43. The molecule has 3 rings (SSSR count). The van der Waals surface area contributed by atoms with E-state index in [1.165, 1.54) is 15.9 Å². The Hall–Kier alpha value is -2.63. The van der Waals surface area contributed by atoms with Crippen LogP contribution in [0.4, 0.5) is 0 Å². The predicted octanol–water partition coefficient (Wildman–Crippen LogP) is 4.32. The fraction of sp³-hybridized carbons (Fsp3) is 0.0833. The average Bonchev–Trinajstić information content (AvgIpc) is 2.70. The molecule has 130 valence electrons. The van der Waals surface area contributed by atoms with Gasteiger partial charge in [0.2, 0.25) is 0 Å². The van der Waals surface area contributed by atoms with Crippen LogP contribution >= 0.6 is 6.89 Å². The molecule has 26 heavy (non-hydrogen) atoms. The van der Waals surface area contributed by atoms with Gasteiger partial charge < -0.3 is 0 Å². The van der Waals surface area contributed by atoms with E-state index in [-0.39, 0.29) is 5.78 Å². The Balaban J connectivity index is 2.42. The molecule has 1 nitrogen and oxygen atoms in total. The first kappa shape index (κ1) is 18.2. The predicted molar refractivity (Wildman–Crippen MR) is 116 cm³/mol. The van der Waals surface area contributed by atoms with Gasteiger partial charge in [0.1, 0.15) is 0 Å². The van der Waals surface area contributed by atoms with Gasteiger partial charge in [-0.3, -0.25) is 4.79 Å². The summed E-state index contributed by atoms with van der Waals surface area (Å²) in [5.41, 5.74) is 0.775. The molecule has 0 heterocycles. The second kappa shape index (κ2) is 8.17. The summed E-state index contributed by atoms with van der Waals surface area (Å²) in [5.74, 6) is 2.37. The third-order valence-corrected chi connectivity index (χ3v) is 8.53. The molecule has 2 heteroatoms. The standard InChI is InChI=1S/C24H23OP/c1-20(21(2)25)18-19-26(22-12-6-3-7-13-22,23-14-8-4-9-15-23)24-16-10-5-11-17-24/h3-19H,1-2H3/b20-18+. The Labute approximate surface area is 156 Å². The number of benzene rings is 3. The molecule has 0 N–H and O–H groups in total. The van der Waals surface area contributed by atoms with E-state index in [9.17, 15) is 4.79 Å². The van der Waals surface area contributed by atoms with Gasteiger partial charge in [-0.05, 0) is 42.2 Å². The lowest BCUT2D eigenvalue weighted by Gasteiger charge is -2.28.